The van der Waals surface area contributed by atoms with Gasteiger partial charge in [-0.2, -0.15) is 0 Å². The molecule has 8 N–H and O–H groups in total. The van der Waals surface area contributed by atoms with E-state index in [4.69, 9.17) is 50.4 Å². The van der Waals surface area contributed by atoms with Gasteiger partial charge in [0.2, 0.25) is 0 Å². The molecule has 336 valence electrons. The molecule has 3 fully saturated rings. The normalized spacial score (nSPS) is 27.7. The molecular formula is C39H55FN14O8. The average molecular weight is 867 g/mol. The quantitative estimate of drug-likeness (QED) is 0.121. The Morgan fingerprint density at radius 1 is 0.694 bits per heavy atom. The molecule has 0 amide bonds. The fourth-order valence-corrected chi connectivity index (χ4v) is 8.00. The summed E-state index contributed by atoms with van der Waals surface area (Å²) in [6.45, 7) is 2.84. The number of fused-ring (bicyclic) bond motifs is 3. The molecule has 0 radical (unpaired) electrons. The molecular weight excluding hydrogens is 812 g/mol. The molecule has 10 atom stereocenters. The van der Waals surface area contributed by atoms with Crippen LogP contribution >= 0.6 is 0 Å². The van der Waals surface area contributed by atoms with E-state index in [1.54, 1.807) is 87.0 Å². The highest BCUT2D eigenvalue weighted by Crippen LogP contribution is 2.35. The van der Waals surface area contributed by atoms with E-state index in [9.17, 15) is 9.50 Å². The number of alkyl halides is 1. The lowest BCUT2D eigenvalue weighted by Crippen LogP contribution is -2.45. The number of nitrogens with one attached hydrogen (secondary N) is 1. The topological polar surface area (TPSA) is 270 Å². The van der Waals surface area contributed by atoms with Gasteiger partial charge >= 0.3 is 0 Å². The fraction of sp³-hybridized carbons (Fsp3) is 0.538. The minimum Gasteiger partial charge on any atom is -0.397 e. The van der Waals surface area contributed by atoms with Crippen molar-refractivity contribution in [3.63, 3.8) is 0 Å². The Labute approximate surface area is 356 Å². The minimum absolute atomic E-state index is 0.0438. The van der Waals surface area contributed by atoms with Gasteiger partial charge in [0.15, 0.2) is 35.6 Å². The standard InChI is InChI=1S/C13H18FN5O2.C13H19N5O2.C13H18N4O4/c1-16-11-8(5-20-2)21-13(9(11)14)19-6-18-10-7(15)3-4-17-12(10)19;1-17-5-9(7-19-2)20-11(6-17)18-8-16-12-10(14)3-4-15-13(12)18;1-19-5-8-11(20-2)10(18)13(21-8)17-6-16-9-7(14)3-4-15-12(9)17/h3-4,6,8-9,11,13,16H,5H2,1-2H3,(H2,15,17);3-4,8-9,11H,5-7H2,1-2H3,(H2,14,15);3-4,6,8,10-11,13,18H,5H2,1-2H3,(H2,14,15)/t8-,9-,11-,13-;;8-,10+,11-,13-/m1.1/s1. The molecule has 3 aliphatic heterocycles. The number of morpholine rings is 1. The van der Waals surface area contributed by atoms with Gasteiger partial charge in [0.25, 0.3) is 0 Å². The highest BCUT2D eigenvalue weighted by atomic mass is 19.1. The lowest BCUT2D eigenvalue weighted by atomic mass is 10.1. The number of imidazole rings is 3. The van der Waals surface area contributed by atoms with Gasteiger partial charge < -0.3 is 60.8 Å². The summed E-state index contributed by atoms with van der Waals surface area (Å²) in [6.07, 6.45) is 4.81. The number of halogens is 1. The van der Waals surface area contributed by atoms with Crippen molar-refractivity contribution >= 4 is 50.6 Å². The van der Waals surface area contributed by atoms with Crippen LogP contribution in [0.5, 0.6) is 0 Å². The summed E-state index contributed by atoms with van der Waals surface area (Å²) in [4.78, 5) is 27.8. The van der Waals surface area contributed by atoms with Crippen LogP contribution in [0.2, 0.25) is 0 Å². The van der Waals surface area contributed by atoms with Crippen molar-refractivity contribution in [3.8, 4) is 0 Å². The van der Waals surface area contributed by atoms with E-state index in [1.165, 1.54) is 13.4 Å². The first-order valence-electron chi connectivity index (χ1n) is 19.9. The molecule has 2 unspecified atom stereocenters. The number of aliphatic hydroxyl groups is 1. The molecule has 9 heterocycles. The van der Waals surface area contributed by atoms with Crippen LogP contribution in [-0.4, -0.2) is 172 Å². The summed E-state index contributed by atoms with van der Waals surface area (Å²) in [6, 6.07) is 4.64. The summed E-state index contributed by atoms with van der Waals surface area (Å²) >= 11 is 0. The highest BCUT2D eigenvalue weighted by Gasteiger charge is 2.47. The van der Waals surface area contributed by atoms with Crippen molar-refractivity contribution in [2.45, 2.75) is 61.4 Å². The van der Waals surface area contributed by atoms with Crippen molar-refractivity contribution < 1.29 is 42.7 Å². The molecule has 9 rings (SSSR count). The van der Waals surface area contributed by atoms with Gasteiger partial charge in [-0.05, 0) is 32.3 Å². The predicted molar refractivity (Wildman–Crippen MR) is 225 cm³/mol. The van der Waals surface area contributed by atoms with Gasteiger partial charge in [-0.1, -0.05) is 0 Å². The van der Waals surface area contributed by atoms with Gasteiger partial charge in [0, 0.05) is 60.1 Å². The molecule has 0 bridgehead atoms. The fourth-order valence-electron chi connectivity index (χ4n) is 8.00. The second-order valence-electron chi connectivity index (χ2n) is 15.1. The number of pyridine rings is 3. The number of rotatable bonds is 11. The number of methoxy groups -OCH3 is 4. The third-order valence-corrected chi connectivity index (χ3v) is 10.9. The maximum absolute atomic E-state index is 14.7. The Bertz CT molecular complexity index is 2270. The second kappa shape index (κ2) is 19.9. The molecule has 0 spiro atoms. The van der Waals surface area contributed by atoms with Gasteiger partial charge in [0.05, 0.1) is 68.0 Å². The second-order valence-corrected chi connectivity index (χ2v) is 15.1. The van der Waals surface area contributed by atoms with Crippen molar-refractivity contribution in [2.75, 3.05) is 92.6 Å². The van der Waals surface area contributed by atoms with E-state index in [-0.39, 0.29) is 24.5 Å². The van der Waals surface area contributed by atoms with Crippen LogP contribution in [0.4, 0.5) is 21.5 Å². The molecule has 22 nitrogen and oxygen atoms in total. The zero-order chi connectivity index (χ0) is 44.1. The van der Waals surface area contributed by atoms with E-state index in [0.29, 0.717) is 64.7 Å². The molecule has 6 aromatic heterocycles. The lowest BCUT2D eigenvalue weighted by molar-refractivity contribution is -0.132. The van der Waals surface area contributed by atoms with E-state index < -0.39 is 36.9 Å². The number of nitrogens with zero attached hydrogens (tertiary/aromatic N) is 10. The van der Waals surface area contributed by atoms with Crippen LogP contribution in [0.25, 0.3) is 33.5 Å². The molecule has 62 heavy (non-hydrogen) atoms. The first-order chi connectivity index (χ1) is 30.0. The van der Waals surface area contributed by atoms with Crippen molar-refractivity contribution in [2.24, 2.45) is 0 Å². The number of aromatic nitrogens is 9. The zero-order valence-electron chi connectivity index (χ0n) is 35.4. The number of hydrogen-bond donors (Lipinski definition) is 5. The summed E-state index contributed by atoms with van der Waals surface area (Å²) in [5.74, 6) is 0. The number of hydrogen-bond acceptors (Lipinski definition) is 19. The molecule has 3 saturated heterocycles. The maximum Gasteiger partial charge on any atom is 0.170 e. The zero-order valence-corrected chi connectivity index (χ0v) is 35.4. The van der Waals surface area contributed by atoms with Crippen molar-refractivity contribution in [3.05, 3.63) is 55.8 Å². The third-order valence-electron chi connectivity index (χ3n) is 10.9. The van der Waals surface area contributed by atoms with E-state index in [0.717, 1.165) is 18.7 Å². The summed E-state index contributed by atoms with van der Waals surface area (Å²) < 4.78 is 58.2. The molecule has 0 aromatic carbocycles. The van der Waals surface area contributed by atoms with Crippen LogP contribution < -0.4 is 22.5 Å². The number of aliphatic hydroxyl groups excluding tert-OH is 1. The van der Waals surface area contributed by atoms with Crippen LogP contribution in [-0.2, 0) is 33.2 Å². The average Bonchev–Trinajstić information content (AvgIpc) is 4.09. The SMILES string of the molecule is CN[C@H]1[C@@H](F)[C@H](n2cnc3c(N)ccnc32)O[C@@H]1COC.COCC1CN(C)CC(n2cnc3c(N)ccnc32)O1.COC[C@H]1O[C@@H](n2cnc3c(N)ccnc32)[C@@H](O)[C@@H]1OC. The van der Waals surface area contributed by atoms with E-state index >= 15 is 0 Å². The Morgan fingerprint density at radius 3 is 1.69 bits per heavy atom. The Morgan fingerprint density at radius 2 is 1.18 bits per heavy atom. The van der Waals surface area contributed by atoms with Gasteiger partial charge in [0.1, 0.15) is 47.2 Å². The number of nitrogens with two attached hydrogens (primary N) is 3. The van der Waals surface area contributed by atoms with Gasteiger partial charge in [-0.15, -0.1) is 0 Å². The largest absolute Gasteiger partial charge is 0.397 e. The third kappa shape index (κ3) is 8.99. The number of ether oxygens (including phenoxy) is 7. The highest BCUT2D eigenvalue weighted by molar-refractivity contribution is 5.85. The van der Waals surface area contributed by atoms with Crippen molar-refractivity contribution in [1.82, 2.24) is 53.8 Å². The Balaban J connectivity index is 0.000000140. The van der Waals surface area contributed by atoms with E-state index in [1.807, 2.05) is 4.57 Å². The molecule has 3 aliphatic rings. The smallest absolute Gasteiger partial charge is 0.170 e. The van der Waals surface area contributed by atoms with Crippen LogP contribution in [0.3, 0.4) is 0 Å². The van der Waals surface area contributed by atoms with Crippen LogP contribution in [0, 0.1) is 0 Å². The van der Waals surface area contributed by atoms with Crippen LogP contribution in [0.1, 0.15) is 18.7 Å². The first kappa shape index (κ1) is 44.8. The first-order valence-corrected chi connectivity index (χ1v) is 19.9. The molecule has 23 heteroatoms. The summed E-state index contributed by atoms with van der Waals surface area (Å²) in [5, 5.41) is 13.4. The molecule has 0 saturated carbocycles. The van der Waals surface area contributed by atoms with Crippen molar-refractivity contribution in [1.29, 1.82) is 0 Å². The lowest BCUT2D eigenvalue weighted by Gasteiger charge is -2.36. The Kier molecular flexibility index (Phi) is 14.4. The number of nitrogen functional groups attached to an aromatic ring is 3. The Hall–Kier alpha value is -5.21. The summed E-state index contributed by atoms with van der Waals surface area (Å²) in [5.41, 5.74) is 23.0. The van der Waals surface area contributed by atoms with Gasteiger partial charge in [-0.25, -0.2) is 34.3 Å². The minimum atomic E-state index is -1.24. The predicted octanol–water partition coefficient (Wildman–Crippen LogP) is 0.906. The molecule has 0 aliphatic carbocycles. The number of anilines is 3. The molecule has 6 aromatic rings. The monoisotopic (exact) mass is 866 g/mol. The van der Waals surface area contributed by atoms with Crippen LogP contribution in [0.15, 0.2) is 55.8 Å². The van der Waals surface area contributed by atoms with E-state index in [2.05, 4.69) is 47.2 Å². The summed E-state index contributed by atoms with van der Waals surface area (Å²) in [7, 11) is 10.1. The number of likely N-dealkylation sites (N-methyl/N-ethyl adjacent to an activating group) is 2. The maximum atomic E-state index is 14.7. The van der Waals surface area contributed by atoms with Gasteiger partial charge in [-0.3, -0.25) is 18.6 Å².